The second-order valence-corrected chi connectivity index (χ2v) is 9.25. The standard InChI is InChI=1S/C22H28N2O4S/c1-18-8-9-21(16-19(18)2)29(26,27)24(11-10-20-6-4-3-5-7-20)17-22(25)23-12-14-28-15-13-23/h3-9,16H,10-15,17H2,1-2H3. The number of amides is 1. The van der Waals surface area contributed by atoms with Gasteiger partial charge in [0.25, 0.3) is 0 Å². The zero-order chi connectivity index (χ0) is 20.9. The number of hydrogen-bond donors (Lipinski definition) is 0. The zero-order valence-electron chi connectivity index (χ0n) is 17.0. The average Bonchev–Trinajstić information content (AvgIpc) is 2.74. The Labute approximate surface area is 173 Å². The van der Waals surface area contributed by atoms with Gasteiger partial charge in [-0.3, -0.25) is 4.79 Å². The Morgan fingerprint density at radius 3 is 2.38 bits per heavy atom. The van der Waals surface area contributed by atoms with Crippen molar-refractivity contribution in [2.45, 2.75) is 25.2 Å². The average molecular weight is 417 g/mol. The van der Waals surface area contributed by atoms with Crippen LogP contribution < -0.4 is 0 Å². The van der Waals surface area contributed by atoms with Crippen molar-refractivity contribution in [3.63, 3.8) is 0 Å². The summed E-state index contributed by atoms with van der Waals surface area (Å²) in [4.78, 5) is 14.7. The van der Waals surface area contributed by atoms with Crippen LogP contribution in [0.3, 0.4) is 0 Å². The van der Waals surface area contributed by atoms with Crippen LogP contribution in [0, 0.1) is 13.8 Å². The molecule has 1 fully saturated rings. The van der Waals surface area contributed by atoms with Crippen molar-refractivity contribution in [3.05, 3.63) is 65.2 Å². The molecule has 156 valence electrons. The first-order valence-corrected chi connectivity index (χ1v) is 11.3. The number of morpholine rings is 1. The van der Waals surface area contributed by atoms with E-state index in [2.05, 4.69) is 0 Å². The minimum absolute atomic E-state index is 0.165. The van der Waals surface area contributed by atoms with Crippen LogP contribution in [-0.2, 0) is 26.0 Å². The van der Waals surface area contributed by atoms with Gasteiger partial charge in [-0.05, 0) is 49.1 Å². The fraction of sp³-hybridized carbons (Fsp3) is 0.409. The number of benzene rings is 2. The summed E-state index contributed by atoms with van der Waals surface area (Å²) in [6.07, 6.45) is 0.543. The molecule has 0 radical (unpaired) electrons. The van der Waals surface area contributed by atoms with Crippen LogP contribution in [0.2, 0.25) is 0 Å². The van der Waals surface area contributed by atoms with Gasteiger partial charge in [-0.1, -0.05) is 36.4 Å². The van der Waals surface area contributed by atoms with Crippen LogP contribution in [0.25, 0.3) is 0 Å². The summed E-state index contributed by atoms with van der Waals surface area (Å²) in [5, 5.41) is 0. The van der Waals surface area contributed by atoms with Crippen LogP contribution in [0.4, 0.5) is 0 Å². The lowest BCUT2D eigenvalue weighted by molar-refractivity contribution is -0.135. The van der Waals surface area contributed by atoms with Gasteiger partial charge >= 0.3 is 0 Å². The Bertz CT molecular complexity index is 939. The molecule has 0 aromatic heterocycles. The summed E-state index contributed by atoms with van der Waals surface area (Å²) >= 11 is 0. The number of ether oxygens (including phenoxy) is 1. The molecular formula is C22H28N2O4S. The van der Waals surface area contributed by atoms with E-state index in [0.29, 0.717) is 32.7 Å². The Morgan fingerprint density at radius 1 is 1.03 bits per heavy atom. The summed E-state index contributed by atoms with van der Waals surface area (Å²) in [5.41, 5.74) is 2.98. The molecule has 0 atom stereocenters. The fourth-order valence-corrected chi connectivity index (χ4v) is 4.75. The van der Waals surface area contributed by atoms with E-state index in [1.54, 1.807) is 23.1 Å². The molecule has 0 saturated carbocycles. The van der Waals surface area contributed by atoms with E-state index in [1.807, 2.05) is 44.2 Å². The van der Waals surface area contributed by atoms with Crippen molar-refractivity contribution in [1.29, 1.82) is 0 Å². The number of rotatable bonds is 7. The first-order valence-electron chi connectivity index (χ1n) is 9.85. The molecule has 1 heterocycles. The maximum atomic E-state index is 13.4. The Balaban J connectivity index is 1.83. The molecule has 6 nitrogen and oxygen atoms in total. The highest BCUT2D eigenvalue weighted by Gasteiger charge is 2.29. The molecule has 2 aromatic carbocycles. The second kappa shape index (κ2) is 9.52. The van der Waals surface area contributed by atoms with Crippen molar-refractivity contribution >= 4 is 15.9 Å². The molecule has 7 heteroatoms. The third kappa shape index (κ3) is 5.44. The molecule has 29 heavy (non-hydrogen) atoms. The summed E-state index contributed by atoms with van der Waals surface area (Å²) < 4.78 is 33.3. The van der Waals surface area contributed by atoms with Crippen LogP contribution in [0.5, 0.6) is 0 Å². The fourth-order valence-electron chi connectivity index (χ4n) is 3.27. The van der Waals surface area contributed by atoms with Gasteiger partial charge in [-0.2, -0.15) is 4.31 Å². The van der Waals surface area contributed by atoms with Gasteiger partial charge in [-0.25, -0.2) is 8.42 Å². The first-order chi connectivity index (χ1) is 13.9. The van der Waals surface area contributed by atoms with Crippen LogP contribution in [-0.4, -0.2) is 62.9 Å². The smallest absolute Gasteiger partial charge is 0.243 e. The summed E-state index contributed by atoms with van der Waals surface area (Å²) in [7, 11) is -3.79. The minimum atomic E-state index is -3.79. The predicted molar refractivity (Wildman–Crippen MR) is 112 cm³/mol. The third-order valence-corrected chi connectivity index (χ3v) is 7.13. The lowest BCUT2D eigenvalue weighted by atomic mass is 10.1. The van der Waals surface area contributed by atoms with E-state index in [-0.39, 0.29) is 23.9 Å². The van der Waals surface area contributed by atoms with Crippen molar-refractivity contribution in [2.75, 3.05) is 39.4 Å². The Hall–Kier alpha value is -2.22. The molecular weight excluding hydrogens is 388 g/mol. The highest BCUT2D eigenvalue weighted by atomic mass is 32.2. The summed E-state index contributed by atoms with van der Waals surface area (Å²) in [5.74, 6) is -0.186. The predicted octanol–water partition coefficient (Wildman–Crippen LogP) is 2.40. The van der Waals surface area contributed by atoms with E-state index in [0.717, 1.165) is 16.7 Å². The van der Waals surface area contributed by atoms with Gasteiger partial charge in [-0.15, -0.1) is 0 Å². The topological polar surface area (TPSA) is 66.9 Å². The summed E-state index contributed by atoms with van der Waals surface area (Å²) in [6.45, 7) is 5.88. The van der Waals surface area contributed by atoms with E-state index in [9.17, 15) is 13.2 Å². The molecule has 0 N–H and O–H groups in total. The number of hydrogen-bond acceptors (Lipinski definition) is 4. The van der Waals surface area contributed by atoms with Crippen molar-refractivity contribution in [1.82, 2.24) is 9.21 Å². The summed E-state index contributed by atoms with van der Waals surface area (Å²) in [6, 6.07) is 14.8. The quantitative estimate of drug-likeness (QED) is 0.695. The van der Waals surface area contributed by atoms with Gasteiger partial charge < -0.3 is 9.64 Å². The molecule has 3 rings (SSSR count). The molecule has 1 saturated heterocycles. The first kappa shape index (κ1) is 21.5. The minimum Gasteiger partial charge on any atom is -0.378 e. The second-order valence-electron chi connectivity index (χ2n) is 7.31. The Morgan fingerprint density at radius 2 is 1.72 bits per heavy atom. The van der Waals surface area contributed by atoms with Crippen LogP contribution in [0.15, 0.2) is 53.4 Å². The normalized spacial score (nSPS) is 14.9. The van der Waals surface area contributed by atoms with Crippen molar-refractivity contribution < 1.29 is 17.9 Å². The largest absolute Gasteiger partial charge is 0.378 e. The number of nitrogens with zero attached hydrogens (tertiary/aromatic N) is 2. The van der Waals surface area contributed by atoms with Gasteiger partial charge in [0.2, 0.25) is 15.9 Å². The van der Waals surface area contributed by atoms with Crippen LogP contribution >= 0.6 is 0 Å². The maximum absolute atomic E-state index is 13.4. The number of aryl methyl sites for hydroxylation is 2. The monoisotopic (exact) mass is 416 g/mol. The molecule has 2 aromatic rings. The molecule has 0 unspecified atom stereocenters. The van der Waals surface area contributed by atoms with Gasteiger partial charge in [0.1, 0.15) is 0 Å². The maximum Gasteiger partial charge on any atom is 0.243 e. The van der Waals surface area contributed by atoms with E-state index >= 15 is 0 Å². The van der Waals surface area contributed by atoms with E-state index < -0.39 is 10.0 Å². The number of sulfonamides is 1. The lowest BCUT2D eigenvalue weighted by Gasteiger charge is -2.30. The number of carbonyl (C=O) groups excluding carboxylic acids is 1. The van der Waals surface area contributed by atoms with Crippen LogP contribution in [0.1, 0.15) is 16.7 Å². The van der Waals surface area contributed by atoms with Gasteiger partial charge in [0.15, 0.2) is 0 Å². The van der Waals surface area contributed by atoms with Gasteiger partial charge in [0.05, 0.1) is 24.7 Å². The molecule has 0 spiro atoms. The van der Waals surface area contributed by atoms with Gasteiger partial charge in [0, 0.05) is 19.6 Å². The zero-order valence-corrected chi connectivity index (χ0v) is 17.8. The van der Waals surface area contributed by atoms with Crippen molar-refractivity contribution in [3.8, 4) is 0 Å². The molecule has 1 aliphatic heterocycles. The molecule has 0 bridgehead atoms. The molecule has 1 aliphatic rings. The SMILES string of the molecule is Cc1ccc(S(=O)(=O)N(CCc2ccccc2)CC(=O)N2CCOCC2)cc1C. The Kier molecular flexibility index (Phi) is 7.05. The third-order valence-electron chi connectivity index (χ3n) is 5.28. The van der Waals surface area contributed by atoms with E-state index in [1.165, 1.54) is 4.31 Å². The number of carbonyl (C=O) groups is 1. The highest BCUT2D eigenvalue weighted by molar-refractivity contribution is 7.89. The lowest BCUT2D eigenvalue weighted by Crippen LogP contribution is -2.47. The van der Waals surface area contributed by atoms with Crippen molar-refractivity contribution in [2.24, 2.45) is 0 Å². The van der Waals surface area contributed by atoms with E-state index in [4.69, 9.17) is 4.74 Å². The molecule has 1 amide bonds. The molecule has 0 aliphatic carbocycles. The highest BCUT2D eigenvalue weighted by Crippen LogP contribution is 2.20.